The van der Waals surface area contributed by atoms with Gasteiger partial charge in [0.2, 0.25) is 5.91 Å². The van der Waals surface area contributed by atoms with Gasteiger partial charge in [-0.25, -0.2) is 4.79 Å². The quantitative estimate of drug-likeness (QED) is 0.518. The summed E-state index contributed by atoms with van der Waals surface area (Å²) >= 11 is 0. The Kier molecular flexibility index (Phi) is 5.03. The minimum atomic E-state index is -1.22. The SMILES string of the molecule is CCCC(=O)N[C@@H](CO)C(=O)O. The smallest absolute Gasteiger partial charge is 0.328 e. The van der Waals surface area contributed by atoms with Crippen molar-refractivity contribution < 1.29 is 19.8 Å². The molecule has 0 heterocycles. The fourth-order valence-corrected chi connectivity index (χ4v) is 0.679. The summed E-state index contributed by atoms with van der Waals surface area (Å²) in [6.07, 6.45) is 0.938. The minimum Gasteiger partial charge on any atom is -0.480 e. The molecule has 0 rings (SSSR count). The van der Waals surface area contributed by atoms with Gasteiger partial charge in [0.25, 0.3) is 0 Å². The maximum absolute atomic E-state index is 10.8. The number of nitrogens with one attached hydrogen (secondary N) is 1. The second kappa shape index (κ2) is 5.54. The highest BCUT2D eigenvalue weighted by molar-refractivity contribution is 5.83. The van der Waals surface area contributed by atoms with Crippen LogP contribution in [0, 0.1) is 0 Å². The molecule has 0 aliphatic carbocycles. The van der Waals surface area contributed by atoms with Crippen LogP contribution in [0.2, 0.25) is 0 Å². The molecule has 0 unspecified atom stereocenters. The molecule has 0 radical (unpaired) electrons. The van der Waals surface area contributed by atoms with E-state index >= 15 is 0 Å². The Labute approximate surface area is 70.4 Å². The van der Waals surface area contributed by atoms with Crippen LogP contribution in [0.25, 0.3) is 0 Å². The first-order valence-electron chi connectivity index (χ1n) is 3.74. The van der Waals surface area contributed by atoms with E-state index in [9.17, 15) is 9.59 Å². The number of carbonyl (C=O) groups excluding carboxylic acids is 1. The summed E-state index contributed by atoms with van der Waals surface area (Å²) in [5.74, 6) is -1.57. The summed E-state index contributed by atoms with van der Waals surface area (Å²) in [5.41, 5.74) is 0. The van der Waals surface area contributed by atoms with Gasteiger partial charge in [0.15, 0.2) is 0 Å². The van der Waals surface area contributed by atoms with Crippen LogP contribution in [0.1, 0.15) is 19.8 Å². The first-order valence-corrected chi connectivity index (χ1v) is 3.74. The van der Waals surface area contributed by atoms with Crippen LogP contribution in [0.4, 0.5) is 0 Å². The minimum absolute atomic E-state index is 0.282. The number of aliphatic hydroxyl groups is 1. The zero-order valence-corrected chi connectivity index (χ0v) is 6.91. The standard InChI is InChI=1S/C7H13NO4/c1-2-3-6(10)8-5(4-9)7(11)12/h5,9H,2-4H2,1H3,(H,8,10)(H,11,12)/t5-/m0/s1. The topological polar surface area (TPSA) is 86.6 Å². The number of carboxylic acids is 1. The average Bonchev–Trinajstić information content (AvgIpc) is 2.00. The summed E-state index contributed by atoms with van der Waals surface area (Å²) in [4.78, 5) is 21.1. The van der Waals surface area contributed by atoms with Crippen LogP contribution in [-0.4, -0.2) is 34.7 Å². The summed E-state index contributed by atoms with van der Waals surface area (Å²) in [6.45, 7) is 1.24. The first kappa shape index (κ1) is 10.9. The molecule has 0 bridgehead atoms. The van der Waals surface area contributed by atoms with Crippen molar-refractivity contribution in [3.8, 4) is 0 Å². The molecule has 0 aromatic carbocycles. The van der Waals surface area contributed by atoms with Gasteiger partial charge >= 0.3 is 5.97 Å². The summed E-state index contributed by atoms with van der Waals surface area (Å²) in [5, 5.41) is 19.1. The Bertz CT molecular complexity index is 169. The first-order chi connectivity index (χ1) is 5.61. The normalized spacial score (nSPS) is 12.2. The van der Waals surface area contributed by atoms with Crippen molar-refractivity contribution in [2.24, 2.45) is 0 Å². The maximum atomic E-state index is 10.8. The van der Waals surface area contributed by atoms with Crippen molar-refractivity contribution in [3.05, 3.63) is 0 Å². The molecular formula is C7H13NO4. The maximum Gasteiger partial charge on any atom is 0.328 e. The second-order valence-electron chi connectivity index (χ2n) is 2.39. The molecule has 0 spiro atoms. The molecule has 12 heavy (non-hydrogen) atoms. The highest BCUT2D eigenvalue weighted by Crippen LogP contribution is 1.89. The number of aliphatic hydroxyl groups excluding tert-OH is 1. The highest BCUT2D eigenvalue weighted by atomic mass is 16.4. The van der Waals surface area contributed by atoms with Gasteiger partial charge in [-0.1, -0.05) is 6.92 Å². The molecule has 0 aliphatic heterocycles. The number of carboxylic acid groups (broad SMARTS) is 1. The lowest BCUT2D eigenvalue weighted by atomic mass is 10.2. The van der Waals surface area contributed by atoms with E-state index in [1.807, 2.05) is 6.92 Å². The third kappa shape index (κ3) is 3.92. The van der Waals surface area contributed by atoms with E-state index in [2.05, 4.69) is 5.32 Å². The molecule has 0 aliphatic rings. The van der Waals surface area contributed by atoms with Gasteiger partial charge < -0.3 is 15.5 Å². The third-order valence-electron chi connectivity index (χ3n) is 1.29. The lowest BCUT2D eigenvalue weighted by molar-refractivity contribution is -0.142. The Hall–Kier alpha value is -1.10. The van der Waals surface area contributed by atoms with Crippen molar-refractivity contribution in [2.45, 2.75) is 25.8 Å². The van der Waals surface area contributed by atoms with E-state index in [-0.39, 0.29) is 12.3 Å². The van der Waals surface area contributed by atoms with Crippen molar-refractivity contribution in [3.63, 3.8) is 0 Å². The van der Waals surface area contributed by atoms with Gasteiger partial charge in [-0.3, -0.25) is 4.79 Å². The van der Waals surface area contributed by atoms with Crippen LogP contribution in [0.15, 0.2) is 0 Å². The third-order valence-corrected chi connectivity index (χ3v) is 1.29. The number of amides is 1. The molecule has 70 valence electrons. The molecular weight excluding hydrogens is 162 g/mol. The van der Waals surface area contributed by atoms with Crippen LogP contribution in [0.3, 0.4) is 0 Å². The number of carbonyl (C=O) groups is 2. The van der Waals surface area contributed by atoms with Crippen molar-refractivity contribution in [2.75, 3.05) is 6.61 Å². The lowest BCUT2D eigenvalue weighted by Crippen LogP contribution is -2.43. The highest BCUT2D eigenvalue weighted by Gasteiger charge is 2.17. The molecule has 0 aromatic rings. The zero-order chi connectivity index (χ0) is 9.56. The number of rotatable bonds is 5. The molecule has 1 atom stereocenters. The van der Waals surface area contributed by atoms with Gasteiger partial charge in [0.05, 0.1) is 6.61 Å². The van der Waals surface area contributed by atoms with Gasteiger partial charge in [-0.2, -0.15) is 0 Å². The Morgan fingerprint density at radius 3 is 2.42 bits per heavy atom. The molecule has 0 aromatic heterocycles. The van der Waals surface area contributed by atoms with Crippen LogP contribution < -0.4 is 5.32 Å². The van der Waals surface area contributed by atoms with Crippen LogP contribution >= 0.6 is 0 Å². The molecule has 0 fully saturated rings. The van der Waals surface area contributed by atoms with E-state index in [4.69, 9.17) is 10.2 Å². The summed E-state index contributed by atoms with van der Waals surface area (Å²) in [7, 11) is 0. The molecule has 0 saturated heterocycles. The molecule has 0 saturated carbocycles. The fraction of sp³-hybridized carbons (Fsp3) is 0.714. The van der Waals surface area contributed by atoms with E-state index in [1.165, 1.54) is 0 Å². The van der Waals surface area contributed by atoms with Crippen molar-refractivity contribution >= 4 is 11.9 Å². The lowest BCUT2D eigenvalue weighted by Gasteiger charge is -2.10. The molecule has 3 N–H and O–H groups in total. The van der Waals surface area contributed by atoms with Gasteiger partial charge in [0, 0.05) is 6.42 Å². The van der Waals surface area contributed by atoms with Crippen molar-refractivity contribution in [1.29, 1.82) is 0 Å². The Morgan fingerprint density at radius 1 is 1.50 bits per heavy atom. The second-order valence-corrected chi connectivity index (χ2v) is 2.39. The van der Waals surface area contributed by atoms with Gasteiger partial charge in [-0.05, 0) is 6.42 Å². The predicted molar refractivity (Wildman–Crippen MR) is 41.6 cm³/mol. The van der Waals surface area contributed by atoms with Crippen molar-refractivity contribution in [1.82, 2.24) is 5.32 Å². The largest absolute Gasteiger partial charge is 0.480 e. The summed E-state index contributed by atoms with van der Waals surface area (Å²) in [6, 6.07) is -1.18. The molecule has 5 heteroatoms. The number of hydrogen-bond acceptors (Lipinski definition) is 3. The van der Waals surface area contributed by atoms with Gasteiger partial charge in [-0.15, -0.1) is 0 Å². The number of aliphatic carboxylic acids is 1. The van der Waals surface area contributed by atoms with E-state index in [0.29, 0.717) is 6.42 Å². The number of hydrogen-bond donors (Lipinski definition) is 3. The molecule has 1 amide bonds. The Morgan fingerprint density at radius 2 is 2.08 bits per heavy atom. The average molecular weight is 175 g/mol. The van der Waals surface area contributed by atoms with Crippen LogP contribution in [0.5, 0.6) is 0 Å². The summed E-state index contributed by atoms with van der Waals surface area (Å²) < 4.78 is 0. The predicted octanol–water partition coefficient (Wildman–Crippen LogP) is -0.652. The van der Waals surface area contributed by atoms with E-state index < -0.39 is 18.6 Å². The zero-order valence-electron chi connectivity index (χ0n) is 6.91. The van der Waals surface area contributed by atoms with Gasteiger partial charge in [0.1, 0.15) is 6.04 Å². The monoisotopic (exact) mass is 175 g/mol. The fourth-order valence-electron chi connectivity index (χ4n) is 0.679. The van der Waals surface area contributed by atoms with E-state index in [1.54, 1.807) is 0 Å². The van der Waals surface area contributed by atoms with E-state index in [0.717, 1.165) is 0 Å². The molecule has 5 nitrogen and oxygen atoms in total. The van der Waals surface area contributed by atoms with Crippen LogP contribution in [-0.2, 0) is 9.59 Å². The Balaban J connectivity index is 3.85.